The Kier molecular flexibility index (Phi) is 2.79. The van der Waals surface area contributed by atoms with Crippen molar-refractivity contribution in [3.8, 4) is 6.07 Å². The number of nitriles is 1. The van der Waals surface area contributed by atoms with Crippen LogP contribution in [0.2, 0.25) is 0 Å². The van der Waals surface area contributed by atoms with Crippen LogP contribution < -0.4 is 0 Å². The van der Waals surface area contributed by atoms with E-state index >= 15 is 0 Å². The number of alkyl halides is 1. The lowest BCUT2D eigenvalue weighted by molar-refractivity contribution is 0.295. The molecule has 2 rings (SSSR count). The number of hydrogen-bond donors (Lipinski definition) is 0. The summed E-state index contributed by atoms with van der Waals surface area (Å²) in [5.74, 6) is 3.37. The third kappa shape index (κ3) is 1.83. The summed E-state index contributed by atoms with van der Waals surface area (Å²) in [6.45, 7) is 0. The molecule has 0 heterocycles. The van der Waals surface area contributed by atoms with Crippen molar-refractivity contribution in [2.45, 2.75) is 32.1 Å². The van der Waals surface area contributed by atoms with Gasteiger partial charge < -0.3 is 0 Å². The van der Waals surface area contributed by atoms with E-state index in [1.54, 1.807) is 0 Å². The first-order valence-corrected chi connectivity index (χ1v) is 5.82. The molecule has 0 aromatic heterocycles. The maximum Gasteiger partial charge on any atom is 0.0668 e. The van der Waals surface area contributed by atoms with E-state index in [0.717, 1.165) is 24.2 Å². The van der Waals surface area contributed by atoms with Crippen LogP contribution in [-0.4, -0.2) is 5.88 Å². The van der Waals surface area contributed by atoms with E-state index in [1.165, 1.54) is 25.7 Å². The molecule has 4 atom stereocenters. The number of fused-ring (bicyclic) bond motifs is 2. The fourth-order valence-electron chi connectivity index (χ4n) is 3.18. The minimum absolute atomic E-state index is 0.103. The number of halogens is 1. The summed E-state index contributed by atoms with van der Waals surface area (Å²) in [7, 11) is 0. The normalized spacial score (nSPS) is 38.9. The van der Waals surface area contributed by atoms with Crippen LogP contribution in [0.15, 0.2) is 0 Å². The van der Waals surface area contributed by atoms with Gasteiger partial charge in [0.05, 0.1) is 12.0 Å². The molecular formula is C11H16ClN. The van der Waals surface area contributed by atoms with E-state index in [4.69, 9.17) is 16.9 Å². The SMILES string of the molecule is N#CC(CCl)CC1CC2CCC1C2. The smallest absolute Gasteiger partial charge is 0.0668 e. The third-order valence-electron chi connectivity index (χ3n) is 3.84. The number of hydrogen-bond acceptors (Lipinski definition) is 1. The molecule has 0 spiro atoms. The van der Waals surface area contributed by atoms with Crippen molar-refractivity contribution in [1.82, 2.24) is 0 Å². The van der Waals surface area contributed by atoms with Gasteiger partial charge in [-0.1, -0.05) is 6.42 Å². The minimum Gasteiger partial charge on any atom is -0.198 e. The first-order chi connectivity index (χ1) is 6.33. The van der Waals surface area contributed by atoms with Gasteiger partial charge in [-0.15, -0.1) is 11.6 Å². The highest BCUT2D eigenvalue weighted by Gasteiger charge is 2.39. The van der Waals surface area contributed by atoms with Crippen molar-refractivity contribution in [3.63, 3.8) is 0 Å². The van der Waals surface area contributed by atoms with Gasteiger partial charge in [-0.05, 0) is 43.4 Å². The molecule has 4 unspecified atom stereocenters. The average Bonchev–Trinajstić information content (AvgIpc) is 2.75. The van der Waals surface area contributed by atoms with Crippen LogP contribution in [0.4, 0.5) is 0 Å². The molecule has 2 fully saturated rings. The van der Waals surface area contributed by atoms with Gasteiger partial charge in [0, 0.05) is 5.88 Å². The maximum absolute atomic E-state index is 8.82. The molecule has 0 aromatic carbocycles. The molecule has 2 aliphatic rings. The molecule has 72 valence electrons. The minimum atomic E-state index is 0.103. The topological polar surface area (TPSA) is 23.8 Å². The Bertz CT molecular complexity index is 221. The van der Waals surface area contributed by atoms with Gasteiger partial charge in [0.25, 0.3) is 0 Å². The molecular weight excluding hydrogens is 182 g/mol. The Morgan fingerprint density at radius 1 is 1.38 bits per heavy atom. The molecule has 0 radical (unpaired) electrons. The predicted molar refractivity (Wildman–Crippen MR) is 53.4 cm³/mol. The second-order valence-corrected chi connectivity index (χ2v) is 4.96. The molecule has 2 heteroatoms. The summed E-state index contributed by atoms with van der Waals surface area (Å²) in [5, 5.41) is 8.82. The fraction of sp³-hybridized carbons (Fsp3) is 0.909. The van der Waals surface area contributed by atoms with Crippen LogP contribution in [0, 0.1) is 35.0 Å². The lowest BCUT2D eigenvalue weighted by Crippen LogP contribution is -2.15. The highest BCUT2D eigenvalue weighted by atomic mass is 35.5. The van der Waals surface area contributed by atoms with Gasteiger partial charge in [-0.3, -0.25) is 0 Å². The van der Waals surface area contributed by atoms with E-state index < -0.39 is 0 Å². The van der Waals surface area contributed by atoms with Gasteiger partial charge in [-0.25, -0.2) is 0 Å². The summed E-state index contributed by atoms with van der Waals surface area (Å²) in [5.41, 5.74) is 0. The molecule has 0 N–H and O–H groups in total. The predicted octanol–water partition coefficient (Wildman–Crippen LogP) is 3.19. The van der Waals surface area contributed by atoms with Crippen LogP contribution in [0.1, 0.15) is 32.1 Å². The molecule has 0 aliphatic heterocycles. The van der Waals surface area contributed by atoms with Crippen LogP contribution >= 0.6 is 11.6 Å². The Morgan fingerprint density at radius 2 is 2.23 bits per heavy atom. The Morgan fingerprint density at radius 3 is 2.69 bits per heavy atom. The lowest BCUT2D eigenvalue weighted by atomic mass is 9.83. The van der Waals surface area contributed by atoms with Gasteiger partial charge in [0.15, 0.2) is 0 Å². The second-order valence-electron chi connectivity index (χ2n) is 4.65. The largest absolute Gasteiger partial charge is 0.198 e. The average molecular weight is 198 g/mol. The van der Waals surface area contributed by atoms with Gasteiger partial charge in [0.2, 0.25) is 0 Å². The maximum atomic E-state index is 8.82. The molecule has 2 bridgehead atoms. The molecule has 0 saturated heterocycles. The second kappa shape index (κ2) is 3.88. The number of nitrogens with zero attached hydrogens (tertiary/aromatic N) is 1. The van der Waals surface area contributed by atoms with Crippen molar-refractivity contribution in [3.05, 3.63) is 0 Å². The molecule has 13 heavy (non-hydrogen) atoms. The van der Waals surface area contributed by atoms with E-state index in [9.17, 15) is 0 Å². The summed E-state index contributed by atoms with van der Waals surface area (Å²) >= 11 is 5.73. The van der Waals surface area contributed by atoms with Crippen molar-refractivity contribution in [2.75, 3.05) is 5.88 Å². The zero-order valence-electron chi connectivity index (χ0n) is 7.88. The fourth-order valence-corrected chi connectivity index (χ4v) is 3.38. The quantitative estimate of drug-likeness (QED) is 0.638. The Hall–Kier alpha value is -0.220. The van der Waals surface area contributed by atoms with Crippen molar-refractivity contribution in [2.24, 2.45) is 23.7 Å². The summed E-state index contributed by atoms with van der Waals surface area (Å²) in [6, 6.07) is 2.31. The molecule has 0 amide bonds. The van der Waals surface area contributed by atoms with Crippen LogP contribution in [0.5, 0.6) is 0 Å². The summed E-state index contributed by atoms with van der Waals surface area (Å²) in [4.78, 5) is 0. The standard InChI is InChI=1S/C11H16ClN/c12-6-9(7-13)5-11-4-8-1-2-10(11)3-8/h8-11H,1-6H2. The zero-order valence-corrected chi connectivity index (χ0v) is 8.63. The van der Waals surface area contributed by atoms with Gasteiger partial charge in [-0.2, -0.15) is 5.26 Å². The van der Waals surface area contributed by atoms with Crippen molar-refractivity contribution < 1.29 is 0 Å². The first kappa shape index (κ1) is 9.34. The lowest BCUT2D eigenvalue weighted by Gasteiger charge is -2.22. The van der Waals surface area contributed by atoms with Gasteiger partial charge >= 0.3 is 0 Å². The van der Waals surface area contributed by atoms with Crippen LogP contribution in [0.3, 0.4) is 0 Å². The molecule has 2 saturated carbocycles. The Labute approximate surface area is 85.1 Å². The van der Waals surface area contributed by atoms with Crippen molar-refractivity contribution >= 4 is 11.6 Å². The monoisotopic (exact) mass is 197 g/mol. The zero-order chi connectivity index (χ0) is 9.26. The Balaban J connectivity index is 1.86. The van der Waals surface area contributed by atoms with E-state index in [-0.39, 0.29) is 5.92 Å². The summed E-state index contributed by atoms with van der Waals surface area (Å²) < 4.78 is 0. The molecule has 2 aliphatic carbocycles. The number of rotatable bonds is 3. The summed E-state index contributed by atoms with van der Waals surface area (Å²) in [6.07, 6.45) is 6.72. The molecule has 0 aromatic rings. The third-order valence-corrected chi connectivity index (χ3v) is 4.21. The van der Waals surface area contributed by atoms with E-state index in [2.05, 4.69) is 6.07 Å². The van der Waals surface area contributed by atoms with Crippen LogP contribution in [-0.2, 0) is 0 Å². The first-order valence-electron chi connectivity index (χ1n) is 5.29. The molecule has 1 nitrogen and oxygen atoms in total. The highest BCUT2D eigenvalue weighted by molar-refractivity contribution is 6.18. The van der Waals surface area contributed by atoms with Crippen LogP contribution in [0.25, 0.3) is 0 Å². The van der Waals surface area contributed by atoms with Crippen molar-refractivity contribution in [1.29, 1.82) is 5.26 Å². The van der Waals surface area contributed by atoms with E-state index in [1.807, 2.05) is 0 Å². The highest BCUT2D eigenvalue weighted by Crippen LogP contribution is 2.50. The van der Waals surface area contributed by atoms with Gasteiger partial charge in [0.1, 0.15) is 0 Å². The van der Waals surface area contributed by atoms with E-state index in [0.29, 0.717) is 5.88 Å².